The third kappa shape index (κ3) is 3.65. The number of alkyl halides is 3. The largest absolute Gasteiger partial charge is 0.423 e. The van der Waals surface area contributed by atoms with Crippen molar-refractivity contribution in [1.29, 1.82) is 0 Å². The molecule has 0 N–H and O–H groups in total. The molecule has 0 aliphatic heterocycles. The fraction of sp³-hybridized carbons (Fsp3) is 0.455. The molecule has 0 bridgehead atoms. The Balaban J connectivity index is 3.24. The Morgan fingerprint density at radius 1 is 1.40 bits per heavy atom. The van der Waals surface area contributed by atoms with Gasteiger partial charge in [0, 0.05) is 12.6 Å². The number of hydrogen-bond donors (Lipinski definition) is 0. The lowest BCUT2D eigenvalue weighted by molar-refractivity contribution is -0.388. The highest BCUT2D eigenvalue weighted by molar-refractivity contribution is 5.56. The maximum absolute atomic E-state index is 12.8. The molecule has 0 unspecified atom stereocenters. The molecule has 0 aliphatic rings. The first kappa shape index (κ1) is 15.9. The fourth-order valence-corrected chi connectivity index (χ4v) is 1.60. The summed E-state index contributed by atoms with van der Waals surface area (Å²) in [6.07, 6.45) is -3.59. The van der Waals surface area contributed by atoms with E-state index >= 15 is 0 Å². The van der Waals surface area contributed by atoms with Gasteiger partial charge in [-0.15, -0.1) is 4.91 Å². The molecule has 20 heavy (non-hydrogen) atoms. The summed E-state index contributed by atoms with van der Waals surface area (Å²) in [4.78, 5) is 20.1. The van der Waals surface area contributed by atoms with E-state index in [4.69, 9.17) is 0 Å². The Morgan fingerprint density at radius 2 is 2.05 bits per heavy atom. The normalized spacial score (nSPS) is 11.2. The SMILES string of the molecule is CCCCN(N=O)c1ccc([N+](=O)[O-])c(C(F)(F)F)c1. The smallest absolute Gasteiger partial charge is 0.258 e. The van der Waals surface area contributed by atoms with Crippen molar-refractivity contribution < 1.29 is 18.1 Å². The van der Waals surface area contributed by atoms with Gasteiger partial charge in [-0.2, -0.15) is 13.2 Å². The predicted octanol–water partition coefficient (Wildman–Crippen LogP) is 3.90. The summed E-state index contributed by atoms with van der Waals surface area (Å²) < 4.78 is 38.3. The number of unbranched alkanes of at least 4 members (excludes halogenated alkanes) is 1. The van der Waals surface area contributed by atoms with Crippen molar-refractivity contribution in [2.24, 2.45) is 5.29 Å². The van der Waals surface area contributed by atoms with Crippen LogP contribution in [-0.2, 0) is 6.18 Å². The molecule has 0 saturated carbocycles. The van der Waals surface area contributed by atoms with Gasteiger partial charge in [-0.3, -0.25) is 10.1 Å². The number of nitro groups is 1. The first-order chi connectivity index (χ1) is 9.31. The maximum atomic E-state index is 12.8. The molecule has 0 fully saturated rings. The highest BCUT2D eigenvalue weighted by atomic mass is 19.4. The fourth-order valence-electron chi connectivity index (χ4n) is 1.60. The minimum atomic E-state index is -4.88. The van der Waals surface area contributed by atoms with Gasteiger partial charge >= 0.3 is 6.18 Å². The van der Waals surface area contributed by atoms with E-state index in [1.54, 1.807) is 0 Å². The van der Waals surface area contributed by atoms with Crippen LogP contribution in [0.1, 0.15) is 25.3 Å². The standard InChI is InChI=1S/C11H12F3N3O3/c1-2-3-6-16(15-18)8-4-5-10(17(19)20)9(7-8)11(12,13)14/h4-5,7H,2-3,6H2,1H3. The zero-order valence-corrected chi connectivity index (χ0v) is 10.6. The first-order valence-electron chi connectivity index (χ1n) is 5.77. The lowest BCUT2D eigenvalue weighted by atomic mass is 10.1. The second-order valence-corrected chi connectivity index (χ2v) is 4.01. The summed E-state index contributed by atoms with van der Waals surface area (Å²) in [6, 6.07) is 2.36. The minimum absolute atomic E-state index is 0.119. The van der Waals surface area contributed by atoms with E-state index in [0.29, 0.717) is 12.5 Å². The first-order valence-corrected chi connectivity index (χ1v) is 5.77. The molecule has 0 saturated heterocycles. The summed E-state index contributed by atoms with van der Waals surface area (Å²) >= 11 is 0. The lowest BCUT2D eigenvalue weighted by Gasteiger charge is -2.16. The van der Waals surface area contributed by atoms with Crippen LogP contribution in [0.5, 0.6) is 0 Å². The number of benzene rings is 1. The molecule has 0 aliphatic carbocycles. The van der Waals surface area contributed by atoms with Gasteiger partial charge in [-0.25, -0.2) is 5.01 Å². The van der Waals surface area contributed by atoms with Crippen LogP contribution in [0.4, 0.5) is 24.5 Å². The second kappa shape index (κ2) is 6.31. The average Bonchev–Trinajstić information content (AvgIpc) is 2.38. The highest BCUT2D eigenvalue weighted by Gasteiger charge is 2.38. The molecule has 0 atom stereocenters. The van der Waals surface area contributed by atoms with Gasteiger partial charge in [-0.1, -0.05) is 13.3 Å². The number of halogens is 3. The number of rotatable bonds is 6. The summed E-state index contributed by atoms with van der Waals surface area (Å²) in [7, 11) is 0. The van der Waals surface area contributed by atoms with Gasteiger partial charge < -0.3 is 0 Å². The van der Waals surface area contributed by atoms with E-state index in [-0.39, 0.29) is 12.2 Å². The van der Waals surface area contributed by atoms with Gasteiger partial charge in [0.05, 0.1) is 15.9 Å². The van der Waals surface area contributed by atoms with Gasteiger partial charge in [0.15, 0.2) is 0 Å². The Kier molecular flexibility index (Phi) is 5.00. The zero-order valence-electron chi connectivity index (χ0n) is 10.6. The summed E-state index contributed by atoms with van der Waals surface area (Å²) in [5.74, 6) is 0. The Hall–Kier alpha value is -2.19. The number of nitro benzene ring substituents is 1. The van der Waals surface area contributed by atoms with Crippen molar-refractivity contribution in [1.82, 2.24) is 0 Å². The molecule has 0 spiro atoms. The highest BCUT2D eigenvalue weighted by Crippen LogP contribution is 2.38. The summed E-state index contributed by atoms with van der Waals surface area (Å²) in [5, 5.41) is 14.1. The van der Waals surface area contributed by atoms with Gasteiger partial charge in [0.2, 0.25) is 0 Å². The lowest BCUT2D eigenvalue weighted by Crippen LogP contribution is -2.18. The van der Waals surface area contributed by atoms with Crippen molar-refractivity contribution in [2.75, 3.05) is 11.6 Å². The molecule has 1 rings (SSSR count). The molecule has 6 nitrogen and oxygen atoms in total. The maximum Gasteiger partial charge on any atom is 0.423 e. The van der Waals surface area contributed by atoms with E-state index in [0.717, 1.165) is 23.6 Å². The van der Waals surface area contributed by atoms with Crippen LogP contribution in [-0.4, -0.2) is 11.5 Å². The van der Waals surface area contributed by atoms with Gasteiger partial charge in [0.1, 0.15) is 5.56 Å². The molecular formula is C11H12F3N3O3. The van der Waals surface area contributed by atoms with Crippen LogP contribution in [0, 0.1) is 15.0 Å². The molecule has 110 valence electrons. The van der Waals surface area contributed by atoms with E-state index in [1.807, 2.05) is 6.92 Å². The van der Waals surface area contributed by atoms with Crippen molar-refractivity contribution >= 4 is 11.4 Å². The van der Waals surface area contributed by atoms with E-state index in [1.165, 1.54) is 0 Å². The van der Waals surface area contributed by atoms with Crippen molar-refractivity contribution in [3.63, 3.8) is 0 Å². The second-order valence-electron chi connectivity index (χ2n) is 4.01. The van der Waals surface area contributed by atoms with Crippen LogP contribution in [0.25, 0.3) is 0 Å². The van der Waals surface area contributed by atoms with Crippen molar-refractivity contribution in [2.45, 2.75) is 25.9 Å². The molecule has 9 heteroatoms. The number of nitroso groups, excluding NO2 is 1. The molecule has 1 aromatic rings. The molecule has 0 aromatic heterocycles. The zero-order chi connectivity index (χ0) is 15.3. The molecular weight excluding hydrogens is 279 g/mol. The van der Waals surface area contributed by atoms with Crippen LogP contribution in [0.15, 0.2) is 23.5 Å². The van der Waals surface area contributed by atoms with E-state index in [2.05, 4.69) is 5.29 Å². The van der Waals surface area contributed by atoms with Crippen LogP contribution in [0.2, 0.25) is 0 Å². The quantitative estimate of drug-likeness (QED) is 0.452. The van der Waals surface area contributed by atoms with E-state index < -0.39 is 22.4 Å². The average molecular weight is 291 g/mol. The molecule has 0 radical (unpaired) electrons. The Labute approximate surface area is 112 Å². The number of anilines is 1. The van der Waals surface area contributed by atoms with E-state index in [9.17, 15) is 28.2 Å². The summed E-state index contributed by atoms with van der Waals surface area (Å²) in [6.45, 7) is 2.00. The molecule has 1 aromatic carbocycles. The van der Waals surface area contributed by atoms with Gasteiger partial charge in [0.25, 0.3) is 5.69 Å². The Morgan fingerprint density at radius 3 is 2.50 bits per heavy atom. The topological polar surface area (TPSA) is 75.8 Å². The van der Waals surface area contributed by atoms with Crippen molar-refractivity contribution in [3.05, 3.63) is 38.8 Å². The monoisotopic (exact) mass is 291 g/mol. The van der Waals surface area contributed by atoms with Crippen LogP contribution < -0.4 is 5.01 Å². The molecule has 0 heterocycles. The predicted molar refractivity (Wildman–Crippen MR) is 66.1 cm³/mol. The third-order valence-corrected chi connectivity index (χ3v) is 2.60. The van der Waals surface area contributed by atoms with Crippen LogP contribution in [0.3, 0.4) is 0 Å². The van der Waals surface area contributed by atoms with Crippen molar-refractivity contribution in [3.8, 4) is 0 Å². The van der Waals surface area contributed by atoms with Gasteiger partial charge in [-0.05, 0) is 18.6 Å². The summed E-state index contributed by atoms with van der Waals surface area (Å²) in [5.41, 5.74) is -2.57. The minimum Gasteiger partial charge on any atom is -0.258 e. The Bertz CT molecular complexity index is 505. The number of nitrogens with zero attached hydrogens (tertiary/aromatic N) is 3. The van der Waals surface area contributed by atoms with Crippen LogP contribution >= 0.6 is 0 Å². The molecule has 0 amide bonds. The third-order valence-electron chi connectivity index (χ3n) is 2.60. The number of hydrogen-bond acceptors (Lipinski definition) is 4.